The normalized spacial score (nSPS) is 10.3. The predicted octanol–water partition coefficient (Wildman–Crippen LogP) is 2.02. The molecule has 0 unspecified atom stereocenters. The van der Waals surface area contributed by atoms with Crippen LogP contribution in [0, 0.1) is 0 Å². The number of halogens is 1. The molecule has 4 nitrogen and oxygen atoms in total. The van der Waals surface area contributed by atoms with Crippen LogP contribution in [0.3, 0.4) is 0 Å². The van der Waals surface area contributed by atoms with Gasteiger partial charge in [-0.25, -0.2) is 0 Å². The molecular formula is C11H10ClN3O. The zero-order valence-corrected chi connectivity index (χ0v) is 9.08. The lowest BCUT2D eigenvalue weighted by molar-refractivity contribution is 0.0997. The van der Waals surface area contributed by atoms with Crippen molar-refractivity contribution in [3.63, 3.8) is 0 Å². The molecule has 0 fully saturated rings. The van der Waals surface area contributed by atoms with Crippen LogP contribution in [-0.4, -0.2) is 10.9 Å². The molecule has 5 heteroatoms. The Balaban J connectivity index is 2.58. The quantitative estimate of drug-likeness (QED) is 0.696. The van der Waals surface area contributed by atoms with Gasteiger partial charge in [0.25, 0.3) is 5.91 Å². The Morgan fingerprint density at radius 1 is 1.25 bits per heavy atom. The molecule has 0 radical (unpaired) electrons. The van der Waals surface area contributed by atoms with Gasteiger partial charge in [0, 0.05) is 17.4 Å². The number of aromatic nitrogens is 1. The summed E-state index contributed by atoms with van der Waals surface area (Å²) in [5.41, 5.74) is 13.2. The molecule has 1 aromatic carbocycles. The standard InChI is InChI=1S/C11H10ClN3O/c12-8-5-15-10(11(14)16)9(8)6-1-3-7(13)4-2-6/h1-5,15H,13H2,(H2,14,16). The first-order valence-corrected chi connectivity index (χ1v) is 5.00. The zero-order chi connectivity index (χ0) is 11.7. The van der Waals surface area contributed by atoms with Crippen molar-refractivity contribution in [2.24, 2.45) is 5.73 Å². The number of hydrogen-bond donors (Lipinski definition) is 3. The van der Waals surface area contributed by atoms with E-state index in [1.165, 1.54) is 6.20 Å². The molecule has 0 saturated carbocycles. The number of benzene rings is 1. The van der Waals surface area contributed by atoms with Crippen LogP contribution in [0.15, 0.2) is 30.5 Å². The Kier molecular flexibility index (Phi) is 2.58. The van der Waals surface area contributed by atoms with Crippen molar-refractivity contribution in [2.75, 3.05) is 5.73 Å². The predicted molar refractivity (Wildman–Crippen MR) is 64.2 cm³/mol. The van der Waals surface area contributed by atoms with Crippen LogP contribution in [-0.2, 0) is 0 Å². The number of carbonyl (C=O) groups excluding carboxylic acids is 1. The molecule has 16 heavy (non-hydrogen) atoms. The lowest BCUT2D eigenvalue weighted by Gasteiger charge is -2.03. The molecule has 1 amide bonds. The van der Waals surface area contributed by atoms with Gasteiger partial charge >= 0.3 is 0 Å². The van der Waals surface area contributed by atoms with Gasteiger partial charge < -0.3 is 16.5 Å². The topological polar surface area (TPSA) is 84.9 Å². The first kappa shape index (κ1) is 10.6. The number of amides is 1. The van der Waals surface area contributed by atoms with E-state index >= 15 is 0 Å². The first-order chi connectivity index (χ1) is 7.59. The van der Waals surface area contributed by atoms with E-state index in [-0.39, 0.29) is 0 Å². The van der Waals surface area contributed by atoms with Crippen molar-refractivity contribution in [2.45, 2.75) is 0 Å². The number of nitrogen functional groups attached to an aromatic ring is 1. The number of aromatic amines is 1. The third-order valence-electron chi connectivity index (χ3n) is 2.28. The Morgan fingerprint density at radius 3 is 2.44 bits per heavy atom. The summed E-state index contributed by atoms with van der Waals surface area (Å²) in [7, 11) is 0. The van der Waals surface area contributed by atoms with Crippen LogP contribution in [0.4, 0.5) is 5.69 Å². The van der Waals surface area contributed by atoms with E-state index in [2.05, 4.69) is 4.98 Å². The highest BCUT2D eigenvalue weighted by molar-refractivity contribution is 6.34. The second kappa shape index (κ2) is 3.90. The number of nitrogens with one attached hydrogen (secondary N) is 1. The molecule has 0 aliphatic rings. The summed E-state index contributed by atoms with van der Waals surface area (Å²) in [5.74, 6) is -0.543. The Bertz CT molecular complexity index is 531. The Labute approximate surface area is 97.2 Å². The first-order valence-electron chi connectivity index (χ1n) is 4.62. The fourth-order valence-corrected chi connectivity index (χ4v) is 1.78. The summed E-state index contributed by atoms with van der Waals surface area (Å²) in [6, 6.07) is 7.06. The van der Waals surface area contributed by atoms with Gasteiger partial charge in [0.15, 0.2) is 0 Å². The summed E-state index contributed by atoms with van der Waals surface area (Å²) in [4.78, 5) is 13.9. The lowest BCUT2D eigenvalue weighted by atomic mass is 10.1. The van der Waals surface area contributed by atoms with Gasteiger partial charge in [-0.1, -0.05) is 23.7 Å². The van der Waals surface area contributed by atoms with Gasteiger partial charge in [0.05, 0.1) is 5.02 Å². The van der Waals surface area contributed by atoms with Crippen LogP contribution < -0.4 is 11.5 Å². The van der Waals surface area contributed by atoms with E-state index in [9.17, 15) is 4.79 Å². The van der Waals surface area contributed by atoms with Crippen LogP contribution in [0.1, 0.15) is 10.5 Å². The van der Waals surface area contributed by atoms with E-state index < -0.39 is 5.91 Å². The van der Waals surface area contributed by atoms with Crippen LogP contribution in [0.5, 0.6) is 0 Å². The van der Waals surface area contributed by atoms with Gasteiger partial charge in [-0.2, -0.15) is 0 Å². The van der Waals surface area contributed by atoms with E-state index in [1.54, 1.807) is 24.3 Å². The second-order valence-electron chi connectivity index (χ2n) is 3.37. The minimum Gasteiger partial charge on any atom is -0.399 e. The van der Waals surface area contributed by atoms with Crippen LogP contribution >= 0.6 is 11.6 Å². The highest BCUT2D eigenvalue weighted by atomic mass is 35.5. The fraction of sp³-hybridized carbons (Fsp3) is 0. The van der Waals surface area contributed by atoms with Crippen molar-refractivity contribution in [1.82, 2.24) is 4.98 Å². The third-order valence-corrected chi connectivity index (χ3v) is 2.58. The largest absolute Gasteiger partial charge is 0.399 e. The van der Waals surface area contributed by atoms with Gasteiger partial charge in [0.2, 0.25) is 0 Å². The molecule has 0 spiro atoms. The van der Waals surface area contributed by atoms with Crippen molar-refractivity contribution in [3.8, 4) is 11.1 Å². The lowest BCUT2D eigenvalue weighted by Crippen LogP contribution is -2.12. The van der Waals surface area contributed by atoms with Crippen LogP contribution in [0.2, 0.25) is 5.02 Å². The van der Waals surface area contributed by atoms with Crippen molar-refractivity contribution in [1.29, 1.82) is 0 Å². The minimum atomic E-state index is -0.543. The maximum Gasteiger partial charge on any atom is 0.265 e. The maximum absolute atomic E-state index is 11.2. The van der Waals surface area contributed by atoms with Gasteiger partial charge in [0.1, 0.15) is 5.69 Å². The molecule has 1 heterocycles. The van der Waals surface area contributed by atoms with E-state index in [1.807, 2.05) is 0 Å². The average Bonchev–Trinajstić information content (AvgIpc) is 2.62. The summed E-state index contributed by atoms with van der Waals surface area (Å²) in [6.07, 6.45) is 1.54. The Hall–Kier alpha value is -1.94. The summed E-state index contributed by atoms with van der Waals surface area (Å²) >= 11 is 5.99. The highest BCUT2D eigenvalue weighted by Crippen LogP contribution is 2.31. The van der Waals surface area contributed by atoms with Gasteiger partial charge in [-0.15, -0.1) is 0 Å². The molecule has 1 aromatic heterocycles. The van der Waals surface area contributed by atoms with Crippen molar-refractivity contribution < 1.29 is 4.79 Å². The number of anilines is 1. The summed E-state index contributed by atoms with van der Waals surface area (Å²) in [6.45, 7) is 0. The number of carbonyl (C=O) groups is 1. The molecule has 5 N–H and O–H groups in total. The van der Waals surface area contributed by atoms with Crippen molar-refractivity contribution in [3.05, 3.63) is 41.2 Å². The van der Waals surface area contributed by atoms with Crippen LogP contribution in [0.25, 0.3) is 11.1 Å². The van der Waals surface area contributed by atoms with Gasteiger partial charge in [-0.05, 0) is 17.7 Å². The van der Waals surface area contributed by atoms with Gasteiger partial charge in [-0.3, -0.25) is 4.79 Å². The monoisotopic (exact) mass is 235 g/mol. The van der Waals surface area contributed by atoms with E-state index in [0.717, 1.165) is 5.56 Å². The molecule has 0 aliphatic carbocycles. The minimum absolute atomic E-state index is 0.301. The fourth-order valence-electron chi connectivity index (χ4n) is 1.53. The molecular weight excluding hydrogens is 226 g/mol. The number of H-pyrrole nitrogens is 1. The SMILES string of the molecule is NC(=O)c1[nH]cc(Cl)c1-c1ccc(N)cc1. The molecule has 2 aromatic rings. The molecule has 0 aliphatic heterocycles. The number of rotatable bonds is 2. The zero-order valence-electron chi connectivity index (χ0n) is 8.33. The summed E-state index contributed by atoms with van der Waals surface area (Å²) < 4.78 is 0. The van der Waals surface area contributed by atoms with E-state index in [4.69, 9.17) is 23.1 Å². The number of nitrogens with two attached hydrogens (primary N) is 2. The molecule has 0 saturated heterocycles. The highest BCUT2D eigenvalue weighted by Gasteiger charge is 2.15. The number of hydrogen-bond acceptors (Lipinski definition) is 2. The van der Waals surface area contributed by atoms with Crippen molar-refractivity contribution >= 4 is 23.2 Å². The smallest absolute Gasteiger partial charge is 0.265 e. The maximum atomic E-state index is 11.2. The summed E-state index contributed by atoms with van der Waals surface area (Å²) in [5, 5.41) is 0.457. The molecule has 0 bridgehead atoms. The Morgan fingerprint density at radius 2 is 1.88 bits per heavy atom. The van der Waals surface area contributed by atoms with E-state index in [0.29, 0.717) is 22.0 Å². The number of primary amides is 1. The molecule has 2 rings (SSSR count). The second-order valence-corrected chi connectivity index (χ2v) is 3.78. The third kappa shape index (κ3) is 1.75. The average molecular weight is 236 g/mol. The molecule has 0 atom stereocenters. The molecule has 82 valence electrons.